The van der Waals surface area contributed by atoms with Crippen LogP contribution in [0.5, 0.6) is 0 Å². The number of anilines is 1. The second-order valence-corrected chi connectivity index (χ2v) is 17.6. The van der Waals surface area contributed by atoms with E-state index in [0.29, 0.717) is 5.56 Å². The number of esters is 4. The van der Waals surface area contributed by atoms with Gasteiger partial charge in [-0.15, -0.1) is 0 Å². The number of aliphatic hydroxyl groups excluding tert-OH is 2. The van der Waals surface area contributed by atoms with E-state index in [1.54, 1.807) is 80.6 Å². The Bertz CT molecular complexity index is 2350. The van der Waals surface area contributed by atoms with Gasteiger partial charge in [0, 0.05) is 43.4 Å². The molecule has 1 amide bonds. The number of nitrogens with one attached hydrogen (secondary N) is 1. The molecular formula is C47H52N2O14. The van der Waals surface area contributed by atoms with Gasteiger partial charge in [0.25, 0.3) is 5.91 Å². The van der Waals surface area contributed by atoms with E-state index >= 15 is 4.79 Å². The average Bonchev–Trinajstić information content (AvgIpc) is 3.23. The van der Waals surface area contributed by atoms with Crippen LogP contribution in [0.3, 0.4) is 0 Å². The zero-order valence-electron chi connectivity index (χ0n) is 35.7. The summed E-state index contributed by atoms with van der Waals surface area (Å²) in [5.74, 6) is -7.02. The van der Waals surface area contributed by atoms with Crippen molar-refractivity contribution in [1.29, 1.82) is 0 Å². The van der Waals surface area contributed by atoms with Gasteiger partial charge in [0.1, 0.15) is 23.9 Å². The maximum absolute atomic E-state index is 15.5. The number of fused-ring (bicyclic) bond motifs is 5. The Morgan fingerprint density at radius 2 is 1.51 bits per heavy atom. The first-order valence-corrected chi connectivity index (χ1v) is 20.7. The number of benzene rings is 3. The van der Waals surface area contributed by atoms with Crippen molar-refractivity contribution in [3.63, 3.8) is 0 Å². The van der Waals surface area contributed by atoms with Gasteiger partial charge in [-0.1, -0.05) is 68.4 Å². The molecule has 3 aromatic rings. The first kappa shape index (κ1) is 45.1. The van der Waals surface area contributed by atoms with E-state index in [9.17, 15) is 39.3 Å². The quantitative estimate of drug-likeness (QED) is 0.0849. The minimum atomic E-state index is -2.43. The summed E-state index contributed by atoms with van der Waals surface area (Å²) in [6.07, 6.45) is -10.7. The fourth-order valence-corrected chi connectivity index (χ4v) is 10.3. The summed E-state index contributed by atoms with van der Waals surface area (Å²) in [7, 11) is 0. The third kappa shape index (κ3) is 7.58. The molecule has 3 aromatic carbocycles. The van der Waals surface area contributed by atoms with Crippen molar-refractivity contribution in [3.05, 3.63) is 113 Å². The molecule has 16 nitrogen and oxygen atoms in total. The molecule has 6 N–H and O–H groups in total. The average molecular weight is 869 g/mol. The lowest BCUT2D eigenvalue weighted by molar-refractivity contribution is -0.346. The molecule has 7 rings (SSSR count). The van der Waals surface area contributed by atoms with Gasteiger partial charge >= 0.3 is 23.9 Å². The molecule has 0 aromatic heterocycles. The predicted molar refractivity (Wildman–Crippen MR) is 222 cm³/mol. The number of hydrogen-bond donors (Lipinski definition) is 5. The monoisotopic (exact) mass is 868 g/mol. The number of hydrogen-bond acceptors (Lipinski definition) is 15. The SMILES string of the molecule is CC(=O)O[C@H]1C(=O)[C@@]2(C)C(C(OC(=O)c3cccc(N)c3)[C@]3(O)C[C@H](OC(=O)[C@H](O)[C@@H](NC(=O)c4ccccc4)c4ccccc4)C(C)=C1C3(C)C)[C@]1(OC(C)=O)CO[C@@H]1C[C@@H]2O. The highest BCUT2D eigenvalue weighted by molar-refractivity contribution is 5.96. The molecule has 2 bridgehead atoms. The zero-order valence-corrected chi connectivity index (χ0v) is 35.7. The number of carbonyl (C=O) groups is 6. The van der Waals surface area contributed by atoms with Crippen molar-refractivity contribution in [3.8, 4) is 0 Å². The largest absolute Gasteiger partial charge is 0.456 e. The highest BCUT2D eigenvalue weighted by atomic mass is 16.6. The van der Waals surface area contributed by atoms with Gasteiger partial charge in [-0.05, 0) is 60.9 Å². The van der Waals surface area contributed by atoms with Crippen molar-refractivity contribution >= 4 is 41.3 Å². The molecule has 1 heterocycles. The molecule has 334 valence electrons. The molecule has 63 heavy (non-hydrogen) atoms. The van der Waals surface area contributed by atoms with Crippen LogP contribution in [0.25, 0.3) is 0 Å². The minimum absolute atomic E-state index is 0.0221. The minimum Gasteiger partial charge on any atom is -0.456 e. The second kappa shape index (κ2) is 16.6. The van der Waals surface area contributed by atoms with E-state index in [1.165, 1.54) is 32.0 Å². The summed E-state index contributed by atoms with van der Waals surface area (Å²) in [6, 6.07) is 20.9. The van der Waals surface area contributed by atoms with Crippen LogP contribution in [0.1, 0.15) is 86.7 Å². The summed E-state index contributed by atoms with van der Waals surface area (Å²) < 4.78 is 30.3. The fourth-order valence-electron chi connectivity index (χ4n) is 10.3. The highest BCUT2D eigenvalue weighted by Crippen LogP contribution is 2.64. The van der Waals surface area contributed by atoms with Crippen LogP contribution in [0.15, 0.2) is 96.1 Å². The number of rotatable bonds is 10. The van der Waals surface area contributed by atoms with E-state index in [1.807, 2.05) is 0 Å². The molecule has 4 aliphatic rings. The molecule has 11 atom stereocenters. The number of nitrogens with two attached hydrogens (primary N) is 1. The van der Waals surface area contributed by atoms with Crippen molar-refractivity contribution in [2.24, 2.45) is 16.7 Å². The molecule has 2 unspecified atom stereocenters. The van der Waals surface area contributed by atoms with Gasteiger partial charge in [-0.3, -0.25) is 19.2 Å². The van der Waals surface area contributed by atoms with Crippen LogP contribution in [-0.2, 0) is 42.9 Å². The lowest BCUT2D eigenvalue weighted by atomic mass is 9.44. The van der Waals surface area contributed by atoms with E-state index in [-0.39, 0.29) is 41.0 Å². The van der Waals surface area contributed by atoms with Crippen LogP contribution in [0.2, 0.25) is 0 Å². The van der Waals surface area contributed by atoms with Gasteiger partial charge in [0.2, 0.25) is 0 Å². The van der Waals surface area contributed by atoms with Gasteiger partial charge < -0.3 is 50.1 Å². The Kier molecular flexibility index (Phi) is 11.9. The molecule has 3 fully saturated rings. The number of ether oxygens (including phenoxy) is 5. The van der Waals surface area contributed by atoms with Gasteiger partial charge in [-0.25, -0.2) is 9.59 Å². The van der Waals surface area contributed by atoms with Gasteiger partial charge in [0.15, 0.2) is 23.6 Å². The second-order valence-electron chi connectivity index (χ2n) is 17.6. The Labute approximate surface area is 363 Å². The fraction of sp³-hybridized carbons (Fsp3) is 0.447. The van der Waals surface area contributed by atoms with E-state index in [0.717, 1.165) is 13.8 Å². The third-order valence-corrected chi connectivity index (χ3v) is 13.6. The Morgan fingerprint density at radius 3 is 2.10 bits per heavy atom. The number of aliphatic hydroxyl groups is 3. The molecule has 1 aliphatic heterocycles. The zero-order chi connectivity index (χ0) is 45.8. The topological polar surface area (TPSA) is 247 Å². The molecule has 0 spiro atoms. The van der Waals surface area contributed by atoms with E-state index < -0.39 is 113 Å². The van der Waals surface area contributed by atoms with Crippen LogP contribution in [0.4, 0.5) is 5.69 Å². The molecule has 3 aliphatic carbocycles. The Hall–Kier alpha value is -5.94. The smallest absolute Gasteiger partial charge is 0.338 e. The molecule has 1 saturated heterocycles. The number of nitrogen functional groups attached to an aromatic ring is 1. The summed E-state index contributed by atoms with van der Waals surface area (Å²) in [5.41, 5.74) is -1.05. The molecule has 2 saturated carbocycles. The molecule has 0 radical (unpaired) electrons. The van der Waals surface area contributed by atoms with Crippen LogP contribution >= 0.6 is 0 Å². The van der Waals surface area contributed by atoms with Crippen LogP contribution in [0, 0.1) is 16.7 Å². The van der Waals surface area contributed by atoms with Crippen molar-refractivity contribution in [1.82, 2.24) is 5.32 Å². The molecule has 16 heteroatoms. The predicted octanol–water partition coefficient (Wildman–Crippen LogP) is 3.32. The van der Waals surface area contributed by atoms with Crippen LogP contribution in [-0.4, -0.2) is 105 Å². The van der Waals surface area contributed by atoms with Crippen molar-refractivity contribution in [2.75, 3.05) is 12.3 Å². The number of ketones is 1. The van der Waals surface area contributed by atoms with Crippen molar-refractivity contribution < 1.29 is 67.8 Å². The van der Waals surface area contributed by atoms with Gasteiger partial charge in [0.05, 0.1) is 35.6 Å². The first-order chi connectivity index (χ1) is 29.7. The van der Waals surface area contributed by atoms with Crippen molar-refractivity contribution in [2.45, 2.75) is 108 Å². The third-order valence-electron chi connectivity index (χ3n) is 13.6. The van der Waals surface area contributed by atoms with Crippen LogP contribution < -0.4 is 11.1 Å². The molecular weight excluding hydrogens is 817 g/mol. The number of Topliss-reactive ketones (excluding diaryl/α,β-unsaturated/α-hetero) is 1. The normalized spacial score (nSPS) is 31.5. The highest BCUT2D eigenvalue weighted by Gasteiger charge is 2.78. The van der Waals surface area contributed by atoms with E-state index in [2.05, 4.69) is 5.32 Å². The maximum atomic E-state index is 15.5. The summed E-state index contributed by atoms with van der Waals surface area (Å²) in [6.45, 7) is 7.88. The number of carbonyl (C=O) groups excluding carboxylic acids is 6. The van der Waals surface area contributed by atoms with Gasteiger partial charge in [-0.2, -0.15) is 0 Å². The summed E-state index contributed by atoms with van der Waals surface area (Å²) in [4.78, 5) is 83.7. The Morgan fingerprint density at radius 1 is 0.873 bits per heavy atom. The lowest BCUT2D eigenvalue weighted by Gasteiger charge is -2.67. The first-order valence-electron chi connectivity index (χ1n) is 20.7. The standard InChI is InChI=1S/C47H52N2O14/c1-24-31(61-43(57)36(53)35(27-14-9-7-10-15-27)49-41(55)28-16-11-8-12-17-28)22-47(58)40(62-42(56)29-18-13-19-30(48)20-29)38-45(6,32(52)21-33-46(38,23-59-33)63-26(3)51)39(54)37(60-25(2)50)34(24)44(47,4)5/h7-20,31-33,35-38,40,52-53,58H,21-23,48H2,1-6H3,(H,49,55)/t31-,32-,33+,35-,36+,37+,38?,40?,45+,46-,47+/m0/s1. The summed E-state index contributed by atoms with van der Waals surface area (Å²) >= 11 is 0. The Balaban J connectivity index is 1.39. The van der Waals surface area contributed by atoms with E-state index in [4.69, 9.17) is 29.4 Å². The lowest BCUT2D eigenvalue weighted by Crippen LogP contribution is -2.82. The summed E-state index contributed by atoms with van der Waals surface area (Å²) in [5, 5.41) is 40.3. The number of amides is 1. The maximum Gasteiger partial charge on any atom is 0.338 e.